The lowest BCUT2D eigenvalue weighted by Crippen LogP contribution is -2.63. The maximum Gasteiger partial charge on any atom is 0.326 e. The van der Waals surface area contributed by atoms with Crippen LogP contribution < -0.4 is 21.1 Å². The third-order valence-electron chi connectivity index (χ3n) is 5.91. The summed E-state index contributed by atoms with van der Waals surface area (Å²) in [5, 5.41) is 54.5. The summed E-state index contributed by atoms with van der Waals surface area (Å²) in [7, 11) is 0. The number of benzene rings is 1. The average molecular weight is 572 g/mol. The molecule has 0 radical (unpaired) electrons. The largest absolute Gasteiger partial charge is 0.491 e. The first-order valence-corrected chi connectivity index (χ1v) is 12.6. The SMILES string of the molecule is CC(C)NCC(COc1ccc(CC(N)=O)cc1)OC1OC(C(=O)NC(CCC(=O)O)C(=O)O)C(O)C(O)C1O. The summed E-state index contributed by atoms with van der Waals surface area (Å²) in [6, 6.07) is 5.01. The molecule has 1 heterocycles. The molecule has 15 nitrogen and oxygen atoms in total. The van der Waals surface area contributed by atoms with Crippen molar-refractivity contribution in [2.24, 2.45) is 5.73 Å². The van der Waals surface area contributed by atoms with Crippen molar-refractivity contribution in [2.75, 3.05) is 13.2 Å². The number of carbonyl (C=O) groups excluding carboxylic acids is 2. The third kappa shape index (κ3) is 10.3. The number of carboxylic acids is 2. The second kappa shape index (κ2) is 15.4. The number of nitrogens with one attached hydrogen (secondary N) is 2. The van der Waals surface area contributed by atoms with Gasteiger partial charge in [-0.05, 0) is 24.1 Å². The quantitative estimate of drug-likeness (QED) is 0.104. The molecule has 1 fully saturated rings. The maximum absolute atomic E-state index is 12.8. The summed E-state index contributed by atoms with van der Waals surface area (Å²) in [6.07, 6.45) is -10.8. The number of aliphatic hydroxyl groups is 3. The van der Waals surface area contributed by atoms with E-state index in [1.807, 2.05) is 13.8 Å². The summed E-state index contributed by atoms with van der Waals surface area (Å²) in [4.78, 5) is 46.1. The first-order valence-electron chi connectivity index (χ1n) is 12.6. The van der Waals surface area contributed by atoms with Crippen LogP contribution in [0.2, 0.25) is 0 Å². The Labute approximate surface area is 230 Å². The van der Waals surface area contributed by atoms with Crippen molar-refractivity contribution in [1.82, 2.24) is 10.6 Å². The molecule has 224 valence electrons. The van der Waals surface area contributed by atoms with Crippen LogP contribution >= 0.6 is 0 Å². The highest BCUT2D eigenvalue weighted by molar-refractivity contribution is 5.87. The maximum atomic E-state index is 12.8. The first kappa shape index (κ1) is 32.9. The van der Waals surface area contributed by atoms with Crippen molar-refractivity contribution in [3.63, 3.8) is 0 Å². The van der Waals surface area contributed by atoms with Crippen molar-refractivity contribution in [1.29, 1.82) is 0 Å². The molecule has 7 atom stereocenters. The molecule has 1 aromatic rings. The van der Waals surface area contributed by atoms with Crippen LogP contribution in [0.1, 0.15) is 32.3 Å². The van der Waals surface area contributed by atoms with Crippen molar-refractivity contribution in [2.45, 2.75) is 82.0 Å². The Bertz CT molecular complexity index is 1010. The Morgan fingerprint density at radius 2 is 1.68 bits per heavy atom. The fourth-order valence-corrected chi connectivity index (χ4v) is 3.75. The van der Waals surface area contributed by atoms with Crippen LogP contribution in [0, 0.1) is 0 Å². The van der Waals surface area contributed by atoms with Gasteiger partial charge in [0.05, 0.1) is 6.42 Å². The highest BCUT2D eigenvalue weighted by atomic mass is 16.7. The third-order valence-corrected chi connectivity index (χ3v) is 5.91. The minimum Gasteiger partial charge on any atom is -0.491 e. The number of carbonyl (C=O) groups is 4. The fraction of sp³-hybridized carbons (Fsp3) is 0.600. The molecule has 1 aliphatic heterocycles. The van der Waals surface area contributed by atoms with Gasteiger partial charge < -0.3 is 56.1 Å². The number of primary amides is 1. The van der Waals surface area contributed by atoms with E-state index in [4.69, 9.17) is 25.1 Å². The van der Waals surface area contributed by atoms with E-state index in [-0.39, 0.29) is 25.6 Å². The van der Waals surface area contributed by atoms with E-state index in [0.717, 1.165) is 0 Å². The molecule has 2 amide bonds. The smallest absolute Gasteiger partial charge is 0.326 e. The van der Waals surface area contributed by atoms with E-state index in [1.165, 1.54) is 0 Å². The van der Waals surface area contributed by atoms with E-state index in [2.05, 4.69) is 10.6 Å². The van der Waals surface area contributed by atoms with Gasteiger partial charge in [0.15, 0.2) is 12.4 Å². The number of amides is 2. The molecule has 7 unspecified atom stereocenters. The zero-order valence-corrected chi connectivity index (χ0v) is 22.1. The molecule has 9 N–H and O–H groups in total. The lowest BCUT2D eigenvalue weighted by Gasteiger charge is -2.41. The van der Waals surface area contributed by atoms with Crippen LogP contribution in [0.25, 0.3) is 0 Å². The van der Waals surface area contributed by atoms with Gasteiger partial charge in [-0.25, -0.2) is 4.79 Å². The molecule has 0 aromatic heterocycles. The highest BCUT2D eigenvalue weighted by Crippen LogP contribution is 2.24. The van der Waals surface area contributed by atoms with Crippen molar-refractivity contribution in [3.8, 4) is 5.75 Å². The van der Waals surface area contributed by atoms with E-state index in [9.17, 15) is 39.6 Å². The Balaban J connectivity index is 2.11. The zero-order valence-electron chi connectivity index (χ0n) is 22.1. The van der Waals surface area contributed by atoms with E-state index in [0.29, 0.717) is 11.3 Å². The lowest BCUT2D eigenvalue weighted by molar-refractivity contribution is -0.302. The molecule has 40 heavy (non-hydrogen) atoms. The summed E-state index contributed by atoms with van der Waals surface area (Å²) < 4.78 is 17.0. The highest BCUT2D eigenvalue weighted by Gasteiger charge is 2.48. The Hall–Kier alpha value is -3.34. The van der Waals surface area contributed by atoms with Gasteiger partial charge in [0.25, 0.3) is 5.91 Å². The molecular formula is C25H37N3O12. The van der Waals surface area contributed by atoms with Crippen LogP contribution in [0.5, 0.6) is 5.75 Å². The van der Waals surface area contributed by atoms with Crippen LogP contribution in [-0.4, -0.2) is 111 Å². The molecule has 0 spiro atoms. The van der Waals surface area contributed by atoms with Gasteiger partial charge >= 0.3 is 11.9 Å². The lowest BCUT2D eigenvalue weighted by atomic mass is 9.97. The van der Waals surface area contributed by atoms with Crippen LogP contribution in [0.3, 0.4) is 0 Å². The average Bonchev–Trinajstić information content (AvgIpc) is 2.88. The van der Waals surface area contributed by atoms with Crippen molar-refractivity contribution in [3.05, 3.63) is 29.8 Å². The van der Waals surface area contributed by atoms with Crippen molar-refractivity contribution < 1.29 is 58.9 Å². The van der Waals surface area contributed by atoms with Crippen LogP contribution in [0.4, 0.5) is 0 Å². The Morgan fingerprint density at radius 1 is 1.02 bits per heavy atom. The number of aliphatic carboxylic acids is 2. The molecule has 1 aliphatic rings. The van der Waals surface area contributed by atoms with Gasteiger partial charge in [-0.15, -0.1) is 0 Å². The number of hydrogen-bond donors (Lipinski definition) is 8. The standard InChI is InChI=1S/C25H37N3O12/c1-12(2)27-10-15(11-38-14-5-3-13(4-6-14)9-17(26)29)39-25-21(34)19(32)20(33)22(40-25)23(35)28-16(24(36)37)7-8-18(30)31/h3-6,12,15-16,19-22,25,27,32-34H,7-11H2,1-2H3,(H2,26,29)(H,28,35)(H,30,31)(H,36,37). The number of hydrogen-bond acceptors (Lipinski definition) is 11. The van der Waals surface area contributed by atoms with E-state index in [1.54, 1.807) is 24.3 Å². The molecular weight excluding hydrogens is 534 g/mol. The van der Waals surface area contributed by atoms with Crippen LogP contribution in [-0.2, 0) is 35.1 Å². The number of carboxylic acid groups (broad SMARTS) is 2. The second-order valence-electron chi connectivity index (χ2n) is 9.65. The number of aliphatic hydroxyl groups excluding tert-OH is 3. The normalized spacial score (nSPS) is 24.2. The molecule has 1 aromatic carbocycles. The van der Waals surface area contributed by atoms with Gasteiger partial charge in [-0.2, -0.15) is 0 Å². The van der Waals surface area contributed by atoms with E-state index >= 15 is 0 Å². The molecule has 1 saturated heterocycles. The monoisotopic (exact) mass is 571 g/mol. The Kier molecular flexibility index (Phi) is 12.7. The minimum atomic E-state index is -1.94. The fourth-order valence-electron chi connectivity index (χ4n) is 3.75. The first-order chi connectivity index (χ1) is 18.8. The Morgan fingerprint density at radius 3 is 2.23 bits per heavy atom. The number of rotatable bonds is 16. The van der Waals surface area contributed by atoms with E-state index < -0.39 is 79.4 Å². The molecule has 0 saturated carbocycles. The van der Waals surface area contributed by atoms with Gasteiger partial charge in [0.2, 0.25) is 5.91 Å². The van der Waals surface area contributed by atoms with Gasteiger partial charge in [-0.1, -0.05) is 26.0 Å². The number of ether oxygens (including phenoxy) is 3. The van der Waals surface area contributed by atoms with Gasteiger partial charge in [0, 0.05) is 19.0 Å². The molecule has 0 aliphatic carbocycles. The predicted octanol–water partition coefficient (Wildman–Crippen LogP) is -2.28. The number of nitrogens with two attached hydrogens (primary N) is 1. The van der Waals surface area contributed by atoms with Gasteiger partial charge in [-0.3, -0.25) is 14.4 Å². The topological polar surface area (TPSA) is 247 Å². The minimum absolute atomic E-state index is 0.0288. The summed E-state index contributed by atoms with van der Waals surface area (Å²) in [5.41, 5.74) is 5.89. The summed E-state index contributed by atoms with van der Waals surface area (Å²) in [5.74, 6) is -3.97. The molecule has 0 bridgehead atoms. The summed E-state index contributed by atoms with van der Waals surface area (Å²) >= 11 is 0. The second-order valence-corrected chi connectivity index (χ2v) is 9.65. The summed E-state index contributed by atoms with van der Waals surface area (Å²) in [6.45, 7) is 3.87. The van der Waals surface area contributed by atoms with Crippen LogP contribution in [0.15, 0.2) is 24.3 Å². The molecule has 2 rings (SSSR count). The van der Waals surface area contributed by atoms with Gasteiger partial charge in [0.1, 0.15) is 42.8 Å². The zero-order chi connectivity index (χ0) is 30.0. The van der Waals surface area contributed by atoms with Crippen molar-refractivity contribution >= 4 is 23.8 Å². The predicted molar refractivity (Wildman–Crippen MR) is 136 cm³/mol. The molecule has 15 heteroatoms.